The van der Waals surface area contributed by atoms with Crippen LogP contribution in [0.15, 0.2) is 29.2 Å². The van der Waals surface area contributed by atoms with Gasteiger partial charge in [-0.05, 0) is 49.9 Å². The molecule has 0 radical (unpaired) electrons. The fourth-order valence-corrected chi connectivity index (χ4v) is 4.45. The van der Waals surface area contributed by atoms with Crippen LogP contribution in [0.2, 0.25) is 0 Å². The van der Waals surface area contributed by atoms with Crippen LogP contribution in [0.1, 0.15) is 57.6 Å². The van der Waals surface area contributed by atoms with Crippen LogP contribution in [0, 0.1) is 5.92 Å². The van der Waals surface area contributed by atoms with Gasteiger partial charge >= 0.3 is 0 Å². The quantitative estimate of drug-likeness (QED) is 0.810. The van der Waals surface area contributed by atoms with Crippen molar-refractivity contribution in [2.24, 2.45) is 5.92 Å². The van der Waals surface area contributed by atoms with Crippen molar-refractivity contribution in [2.45, 2.75) is 62.1 Å². The molecule has 1 nitrogen and oxygen atoms in total. The maximum Gasteiger partial charge on any atom is 0.0314 e. The minimum absolute atomic E-state index is 0.494. The molecule has 1 aromatic carbocycles. The molecular weight excluding hydrogens is 250 g/mol. The van der Waals surface area contributed by atoms with Gasteiger partial charge in [0.05, 0.1) is 0 Å². The van der Waals surface area contributed by atoms with Crippen molar-refractivity contribution in [1.29, 1.82) is 0 Å². The van der Waals surface area contributed by atoms with Crippen molar-refractivity contribution >= 4 is 11.8 Å². The fraction of sp³-hybridized carbons (Fsp3) is 0.647. The molecule has 2 heteroatoms. The summed E-state index contributed by atoms with van der Waals surface area (Å²) in [5, 5.41) is 4.20. The van der Waals surface area contributed by atoms with E-state index in [2.05, 4.69) is 55.2 Å². The zero-order chi connectivity index (χ0) is 13.7. The van der Waals surface area contributed by atoms with Gasteiger partial charge in [0, 0.05) is 16.2 Å². The molecule has 1 aromatic rings. The summed E-state index contributed by atoms with van der Waals surface area (Å²) in [5.41, 5.74) is 1.41. The van der Waals surface area contributed by atoms with Crippen molar-refractivity contribution < 1.29 is 0 Å². The zero-order valence-corrected chi connectivity index (χ0v) is 13.3. The summed E-state index contributed by atoms with van der Waals surface area (Å²) in [6.45, 7) is 4.63. The van der Waals surface area contributed by atoms with E-state index in [0.29, 0.717) is 6.04 Å². The molecule has 0 aliphatic heterocycles. The average molecular weight is 277 g/mol. The molecule has 2 rings (SSSR count). The smallest absolute Gasteiger partial charge is 0.0314 e. The van der Waals surface area contributed by atoms with Gasteiger partial charge in [-0.1, -0.05) is 38.8 Å². The molecule has 1 saturated carbocycles. The SMILES string of the molecule is CCC(NC)c1ccc(SC2CCCC(C)C2)cc1. The van der Waals surface area contributed by atoms with E-state index in [4.69, 9.17) is 0 Å². The standard InChI is InChI=1S/C17H27NS/c1-4-17(18-3)14-8-10-15(11-9-14)19-16-7-5-6-13(2)12-16/h8-11,13,16-18H,4-7,12H2,1-3H3. The second kappa shape index (κ2) is 7.35. The van der Waals surface area contributed by atoms with Gasteiger partial charge in [-0.3, -0.25) is 0 Å². The first-order valence-electron chi connectivity index (χ1n) is 7.66. The van der Waals surface area contributed by atoms with Crippen LogP contribution in [-0.2, 0) is 0 Å². The Morgan fingerprint density at radius 3 is 2.58 bits per heavy atom. The summed E-state index contributed by atoms with van der Waals surface area (Å²) in [6.07, 6.45) is 6.76. The third-order valence-electron chi connectivity index (χ3n) is 4.23. The lowest BCUT2D eigenvalue weighted by atomic mass is 9.91. The van der Waals surface area contributed by atoms with Gasteiger partial charge in [0.1, 0.15) is 0 Å². The molecule has 0 amide bonds. The number of benzene rings is 1. The van der Waals surface area contributed by atoms with Crippen LogP contribution < -0.4 is 5.32 Å². The molecule has 0 spiro atoms. The average Bonchev–Trinajstić information content (AvgIpc) is 2.42. The van der Waals surface area contributed by atoms with Gasteiger partial charge in [-0.25, -0.2) is 0 Å². The van der Waals surface area contributed by atoms with E-state index in [1.54, 1.807) is 0 Å². The van der Waals surface area contributed by atoms with Crippen molar-refractivity contribution in [3.63, 3.8) is 0 Å². The molecule has 3 atom stereocenters. The van der Waals surface area contributed by atoms with Gasteiger partial charge in [-0.15, -0.1) is 11.8 Å². The Morgan fingerprint density at radius 1 is 1.26 bits per heavy atom. The van der Waals surface area contributed by atoms with E-state index in [-0.39, 0.29) is 0 Å². The molecule has 106 valence electrons. The van der Waals surface area contributed by atoms with Gasteiger partial charge in [0.25, 0.3) is 0 Å². The molecule has 0 aromatic heterocycles. The van der Waals surface area contributed by atoms with E-state index in [1.807, 2.05) is 7.05 Å². The lowest BCUT2D eigenvalue weighted by Crippen LogP contribution is -2.15. The third-order valence-corrected chi connectivity index (χ3v) is 5.54. The van der Waals surface area contributed by atoms with Crippen LogP contribution in [0.5, 0.6) is 0 Å². The second-order valence-electron chi connectivity index (χ2n) is 5.83. The Labute approximate surface area is 122 Å². The van der Waals surface area contributed by atoms with Gasteiger partial charge in [-0.2, -0.15) is 0 Å². The zero-order valence-electron chi connectivity index (χ0n) is 12.5. The van der Waals surface area contributed by atoms with E-state index >= 15 is 0 Å². The van der Waals surface area contributed by atoms with Crippen LogP contribution in [0.4, 0.5) is 0 Å². The van der Waals surface area contributed by atoms with E-state index in [0.717, 1.165) is 17.6 Å². The Morgan fingerprint density at radius 2 is 2.00 bits per heavy atom. The maximum atomic E-state index is 3.37. The molecule has 1 aliphatic rings. The topological polar surface area (TPSA) is 12.0 Å². The molecule has 1 aliphatic carbocycles. The molecule has 0 saturated heterocycles. The predicted molar refractivity (Wildman–Crippen MR) is 85.8 cm³/mol. The number of rotatable bonds is 5. The van der Waals surface area contributed by atoms with Crippen molar-refractivity contribution in [1.82, 2.24) is 5.32 Å². The molecule has 1 N–H and O–H groups in total. The normalized spacial score (nSPS) is 25.2. The lowest BCUT2D eigenvalue weighted by molar-refractivity contribution is 0.394. The molecule has 0 heterocycles. The van der Waals surface area contributed by atoms with Gasteiger partial charge in [0.15, 0.2) is 0 Å². The number of hydrogen-bond acceptors (Lipinski definition) is 2. The minimum atomic E-state index is 0.494. The van der Waals surface area contributed by atoms with E-state index in [9.17, 15) is 0 Å². The number of hydrogen-bond donors (Lipinski definition) is 1. The Kier molecular flexibility index (Phi) is 5.77. The first-order valence-corrected chi connectivity index (χ1v) is 8.54. The summed E-state index contributed by atoms with van der Waals surface area (Å²) in [6, 6.07) is 9.69. The number of nitrogens with one attached hydrogen (secondary N) is 1. The van der Waals surface area contributed by atoms with Crippen LogP contribution in [-0.4, -0.2) is 12.3 Å². The highest BCUT2D eigenvalue weighted by molar-refractivity contribution is 8.00. The molecular formula is C17H27NS. The van der Waals surface area contributed by atoms with E-state index < -0.39 is 0 Å². The second-order valence-corrected chi connectivity index (χ2v) is 7.20. The summed E-state index contributed by atoms with van der Waals surface area (Å²) in [5.74, 6) is 0.916. The molecule has 3 unspecified atom stereocenters. The summed E-state index contributed by atoms with van der Waals surface area (Å²) >= 11 is 2.08. The summed E-state index contributed by atoms with van der Waals surface area (Å²) in [4.78, 5) is 1.44. The largest absolute Gasteiger partial charge is 0.313 e. The van der Waals surface area contributed by atoms with Crippen molar-refractivity contribution in [3.05, 3.63) is 29.8 Å². The Balaban J connectivity index is 1.94. The minimum Gasteiger partial charge on any atom is -0.313 e. The van der Waals surface area contributed by atoms with Gasteiger partial charge in [0.2, 0.25) is 0 Å². The highest BCUT2D eigenvalue weighted by atomic mass is 32.2. The van der Waals surface area contributed by atoms with E-state index in [1.165, 1.54) is 36.1 Å². The predicted octanol–water partition coefficient (Wildman–Crippen LogP) is 5.03. The summed E-state index contributed by atoms with van der Waals surface area (Å²) in [7, 11) is 2.04. The van der Waals surface area contributed by atoms with Crippen LogP contribution in [0.25, 0.3) is 0 Å². The van der Waals surface area contributed by atoms with Crippen molar-refractivity contribution in [2.75, 3.05) is 7.05 Å². The van der Waals surface area contributed by atoms with Gasteiger partial charge < -0.3 is 5.32 Å². The number of thioether (sulfide) groups is 1. The fourth-order valence-electron chi connectivity index (χ4n) is 3.06. The molecule has 1 fully saturated rings. The van der Waals surface area contributed by atoms with Crippen molar-refractivity contribution in [3.8, 4) is 0 Å². The first-order chi connectivity index (χ1) is 9.22. The highest BCUT2D eigenvalue weighted by Gasteiger charge is 2.19. The van der Waals surface area contributed by atoms with Crippen LogP contribution >= 0.6 is 11.8 Å². The molecule has 19 heavy (non-hydrogen) atoms. The first kappa shape index (κ1) is 14.9. The highest BCUT2D eigenvalue weighted by Crippen LogP contribution is 2.36. The molecule has 0 bridgehead atoms. The monoisotopic (exact) mass is 277 g/mol. The lowest BCUT2D eigenvalue weighted by Gasteiger charge is -2.26. The summed E-state index contributed by atoms with van der Waals surface area (Å²) < 4.78 is 0. The van der Waals surface area contributed by atoms with Crippen LogP contribution in [0.3, 0.4) is 0 Å². The maximum absolute atomic E-state index is 3.37. The Bertz CT molecular complexity index is 369. The third kappa shape index (κ3) is 4.25. The Hall–Kier alpha value is -0.470.